The van der Waals surface area contributed by atoms with Gasteiger partial charge in [0.2, 0.25) is 0 Å². The van der Waals surface area contributed by atoms with Crippen molar-refractivity contribution < 1.29 is 15.0 Å². The molecular weight excluding hydrogens is 524 g/mol. The van der Waals surface area contributed by atoms with E-state index in [0.717, 1.165) is 30.7 Å². The maximum Gasteiger partial charge on any atom is 0.413 e. The van der Waals surface area contributed by atoms with Crippen LogP contribution in [0.2, 0.25) is 0 Å². The van der Waals surface area contributed by atoms with Crippen LogP contribution in [0.5, 0.6) is 0 Å². The van der Waals surface area contributed by atoms with Crippen LogP contribution in [-0.4, -0.2) is 32.8 Å². The average molecular weight is 577 g/mol. The van der Waals surface area contributed by atoms with E-state index in [1.165, 1.54) is 66.9 Å². The highest BCUT2D eigenvalue weighted by Gasteiger charge is 2.51. The van der Waals surface area contributed by atoms with Gasteiger partial charge >= 0.3 is 6.09 Å². The minimum Gasteiger partial charge on any atom is -0.465 e. The molecule has 4 rings (SSSR count). The summed E-state index contributed by atoms with van der Waals surface area (Å²) in [6, 6.07) is 7.79. The lowest BCUT2D eigenvalue weighted by molar-refractivity contribution is 0.0734. The molecule has 7 heteroatoms. The number of carboxylic acid groups (broad SMARTS) is 1. The molecule has 42 heavy (non-hydrogen) atoms. The van der Waals surface area contributed by atoms with Crippen molar-refractivity contribution in [2.75, 3.05) is 11.4 Å². The average Bonchev–Trinajstić information content (AvgIpc) is 3.74. The zero-order chi connectivity index (χ0) is 31.3. The summed E-state index contributed by atoms with van der Waals surface area (Å²) in [6.07, 6.45) is 17.2. The molecule has 1 spiro atoms. The van der Waals surface area contributed by atoms with Gasteiger partial charge in [0.15, 0.2) is 5.82 Å². The Kier molecular flexibility index (Phi) is 13.7. The monoisotopic (exact) mass is 576 g/mol. The fourth-order valence-electron chi connectivity index (χ4n) is 5.68. The van der Waals surface area contributed by atoms with E-state index in [2.05, 4.69) is 42.0 Å². The molecule has 7 nitrogen and oxygen atoms in total. The lowest BCUT2D eigenvalue weighted by atomic mass is 9.69. The lowest BCUT2D eigenvalue weighted by Gasteiger charge is -2.38. The van der Waals surface area contributed by atoms with Gasteiger partial charge in [-0.15, -0.1) is 0 Å². The van der Waals surface area contributed by atoms with Crippen molar-refractivity contribution in [2.45, 2.75) is 112 Å². The number of aryl methyl sites for hydroxylation is 2. The van der Waals surface area contributed by atoms with Crippen LogP contribution in [0.4, 0.5) is 10.6 Å². The quantitative estimate of drug-likeness (QED) is 0.304. The SMILES string of the molecule is C/C=C\CC.CCCCC1CC(CN(C(=O)O)c2cnc(C(C)(C)O)cn2)CCC12CC2.Cc1ccc(C#N)cc1C. The predicted molar refractivity (Wildman–Crippen MR) is 170 cm³/mol. The molecule has 0 bridgehead atoms. The number of hydrogen-bond donors (Lipinski definition) is 2. The molecule has 2 saturated carbocycles. The number of rotatable bonds is 8. The van der Waals surface area contributed by atoms with Gasteiger partial charge in [-0.05, 0) is 120 Å². The summed E-state index contributed by atoms with van der Waals surface area (Å²) in [5.41, 5.74) is 3.08. The first-order valence-corrected chi connectivity index (χ1v) is 15.5. The summed E-state index contributed by atoms with van der Waals surface area (Å²) in [7, 11) is 0. The van der Waals surface area contributed by atoms with Crippen molar-refractivity contribution in [3.8, 4) is 6.07 Å². The summed E-state index contributed by atoms with van der Waals surface area (Å²) in [5, 5.41) is 28.2. The van der Waals surface area contributed by atoms with Crippen molar-refractivity contribution in [2.24, 2.45) is 17.3 Å². The number of unbranched alkanes of at least 4 members (excludes halogenated alkanes) is 1. The molecule has 2 aromatic rings. The minimum atomic E-state index is -1.09. The second-order valence-electron chi connectivity index (χ2n) is 12.4. The van der Waals surface area contributed by atoms with Crippen LogP contribution in [0, 0.1) is 42.4 Å². The molecule has 0 saturated heterocycles. The number of aliphatic hydroxyl groups is 1. The highest BCUT2D eigenvalue weighted by atomic mass is 16.4. The first kappa shape index (κ1) is 35.0. The molecule has 1 heterocycles. The smallest absolute Gasteiger partial charge is 0.413 e. The second kappa shape index (κ2) is 16.4. The lowest BCUT2D eigenvalue weighted by Crippen LogP contribution is -2.38. The van der Waals surface area contributed by atoms with Crippen LogP contribution in [0.1, 0.15) is 115 Å². The molecule has 2 aliphatic rings. The maximum absolute atomic E-state index is 11.9. The minimum absolute atomic E-state index is 0.340. The van der Waals surface area contributed by atoms with Crippen LogP contribution < -0.4 is 4.90 Å². The van der Waals surface area contributed by atoms with Gasteiger partial charge in [-0.25, -0.2) is 9.78 Å². The van der Waals surface area contributed by atoms with E-state index < -0.39 is 11.7 Å². The number of carbonyl (C=O) groups is 1. The molecule has 2 unspecified atom stereocenters. The Labute approximate surface area is 253 Å². The first-order valence-electron chi connectivity index (χ1n) is 15.5. The molecule has 1 aromatic carbocycles. The molecule has 1 amide bonds. The van der Waals surface area contributed by atoms with E-state index in [-0.39, 0.29) is 0 Å². The summed E-state index contributed by atoms with van der Waals surface area (Å²) >= 11 is 0. The highest BCUT2D eigenvalue weighted by Crippen LogP contribution is 2.61. The molecule has 2 fully saturated rings. The van der Waals surface area contributed by atoms with Gasteiger partial charge in [0.25, 0.3) is 0 Å². The summed E-state index contributed by atoms with van der Waals surface area (Å²) < 4.78 is 0. The van der Waals surface area contributed by atoms with E-state index in [4.69, 9.17) is 5.26 Å². The van der Waals surface area contributed by atoms with Crippen LogP contribution in [0.25, 0.3) is 0 Å². The zero-order valence-electron chi connectivity index (χ0n) is 26.9. The Bertz CT molecular complexity index is 1190. The van der Waals surface area contributed by atoms with E-state index in [0.29, 0.717) is 29.4 Å². The van der Waals surface area contributed by atoms with Gasteiger partial charge in [0, 0.05) is 6.54 Å². The van der Waals surface area contributed by atoms with Crippen LogP contribution in [0.3, 0.4) is 0 Å². The summed E-state index contributed by atoms with van der Waals surface area (Å²) in [4.78, 5) is 21.7. The van der Waals surface area contributed by atoms with Crippen molar-refractivity contribution in [1.29, 1.82) is 5.26 Å². The van der Waals surface area contributed by atoms with Crippen molar-refractivity contribution >= 4 is 11.9 Å². The third-order valence-corrected chi connectivity index (χ3v) is 8.65. The van der Waals surface area contributed by atoms with Gasteiger partial charge in [0.1, 0.15) is 5.60 Å². The maximum atomic E-state index is 11.9. The van der Waals surface area contributed by atoms with Crippen molar-refractivity contribution in [1.82, 2.24) is 9.97 Å². The van der Waals surface area contributed by atoms with Gasteiger partial charge in [-0.3, -0.25) is 9.88 Å². The fraction of sp³-hybridized carbons (Fsp3) is 0.600. The van der Waals surface area contributed by atoms with Gasteiger partial charge in [0.05, 0.1) is 29.7 Å². The number of nitriles is 1. The largest absolute Gasteiger partial charge is 0.465 e. The summed E-state index contributed by atoms with van der Waals surface area (Å²) in [6.45, 7) is 14.2. The first-order chi connectivity index (χ1) is 19.9. The van der Waals surface area contributed by atoms with E-state index in [1.54, 1.807) is 13.8 Å². The molecule has 2 atom stereocenters. The van der Waals surface area contributed by atoms with Gasteiger partial charge in [-0.2, -0.15) is 5.26 Å². The molecule has 230 valence electrons. The van der Waals surface area contributed by atoms with Crippen molar-refractivity contribution in [3.63, 3.8) is 0 Å². The Balaban J connectivity index is 0.000000337. The molecule has 0 aliphatic heterocycles. The number of hydrogen-bond acceptors (Lipinski definition) is 5. The third-order valence-electron chi connectivity index (χ3n) is 8.65. The molecule has 0 radical (unpaired) electrons. The van der Waals surface area contributed by atoms with Crippen LogP contribution in [-0.2, 0) is 5.60 Å². The molecule has 1 aromatic heterocycles. The molecule has 2 N–H and O–H groups in total. The normalized spacial score (nSPS) is 18.7. The third kappa shape index (κ3) is 10.5. The molecular formula is C35H52N4O3. The predicted octanol–water partition coefficient (Wildman–Crippen LogP) is 8.72. The van der Waals surface area contributed by atoms with E-state index >= 15 is 0 Å². The van der Waals surface area contributed by atoms with Gasteiger partial charge < -0.3 is 10.2 Å². The van der Waals surface area contributed by atoms with Crippen LogP contribution in [0.15, 0.2) is 42.7 Å². The number of nitrogens with zero attached hydrogens (tertiary/aromatic N) is 4. The molecule has 2 aliphatic carbocycles. The Hall–Kier alpha value is -3.24. The highest BCUT2D eigenvalue weighted by molar-refractivity contribution is 5.84. The van der Waals surface area contributed by atoms with E-state index in [1.807, 2.05) is 39.0 Å². The van der Waals surface area contributed by atoms with Gasteiger partial charge in [-0.1, -0.05) is 44.9 Å². The standard InChI is InChI=1S/C21H33N3O3.C9H9N.C5H10/c1-4-5-6-16-11-15(7-8-21(16)9-10-21)14-24(19(25)26)18-13-22-17(12-23-18)20(2,3)27;1-7-3-4-9(6-10)5-8(7)2;1-3-5-4-2/h12-13,15-16,27H,4-11,14H2,1-3H3,(H,25,26);3-5H,1-2H3;3,5H,4H2,1-2H3/b;;5-3-. The van der Waals surface area contributed by atoms with Crippen molar-refractivity contribution in [3.05, 3.63) is 65.1 Å². The number of anilines is 1. The number of allylic oxidation sites excluding steroid dienone is 2. The topological polar surface area (TPSA) is 110 Å². The van der Waals surface area contributed by atoms with Crippen LogP contribution >= 0.6 is 0 Å². The Morgan fingerprint density at radius 2 is 1.88 bits per heavy atom. The summed E-state index contributed by atoms with van der Waals surface area (Å²) in [5.74, 6) is 1.47. The Morgan fingerprint density at radius 3 is 2.33 bits per heavy atom. The zero-order valence-corrected chi connectivity index (χ0v) is 26.9. The number of benzene rings is 1. The number of aromatic nitrogens is 2. The second-order valence-corrected chi connectivity index (χ2v) is 12.4. The number of amides is 1. The Morgan fingerprint density at radius 1 is 1.17 bits per heavy atom. The fourth-order valence-corrected chi connectivity index (χ4v) is 5.68. The van der Waals surface area contributed by atoms with E-state index in [9.17, 15) is 15.0 Å².